The van der Waals surface area contributed by atoms with Crippen molar-refractivity contribution in [3.63, 3.8) is 0 Å². The number of nitro benzene ring substituents is 1. The number of aromatic nitrogens is 1. The summed E-state index contributed by atoms with van der Waals surface area (Å²) in [4.78, 5) is 36.0. The predicted molar refractivity (Wildman–Crippen MR) is 171 cm³/mol. The Morgan fingerprint density at radius 2 is 1.71 bits per heavy atom. The first-order valence-corrected chi connectivity index (χ1v) is 15.4. The third-order valence-electron chi connectivity index (χ3n) is 6.90. The van der Waals surface area contributed by atoms with Gasteiger partial charge in [0.15, 0.2) is 14.6 Å². The second-order valence-electron chi connectivity index (χ2n) is 9.83. The highest BCUT2D eigenvalue weighted by atomic mass is 32.2. The van der Waals surface area contributed by atoms with Gasteiger partial charge in [0.2, 0.25) is 0 Å². The molecule has 210 valence electrons. The molecule has 1 aliphatic heterocycles. The number of fused-ring (bicyclic) bond motifs is 1. The number of furan rings is 1. The van der Waals surface area contributed by atoms with E-state index in [1.54, 1.807) is 23.1 Å². The first-order chi connectivity index (χ1) is 20.1. The lowest BCUT2D eigenvalue weighted by atomic mass is 10.1. The van der Waals surface area contributed by atoms with Crippen LogP contribution < -0.4 is 4.90 Å². The van der Waals surface area contributed by atoms with Crippen molar-refractivity contribution in [1.29, 1.82) is 0 Å². The van der Waals surface area contributed by atoms with Crippen molar-refractivity contribution in [1.82, 2.24) is 4.98 Å². The monoisotopic (exact) mass is 612 g/mol. The Bertz CT molecular complexity index is 1960. The molecule has 0 unspecified atom stereocenters. The largest absolute Gasteiger partial charge is 0.450 e. The van der Waals surface area contributed by atoms with E-state index in [4.69, 9.17) is 9.41 Å². The van der Waals surface area contributed by atoms with Crippen LogP contribution in [0.1, 0.15) is 28.0 Å². The Labute approximate surface area is 254 Å². The molecular formula is C31H24N4O4S3. The van der Waals surface area contributed by atoms with E-state index in [2.05, 4.69) is 11.9 Å². The van der Waals surface area contributed by atoms with Gasteiger partial charge in [-0.1, -0.05) is 12.1 Å². The van der Waals surface area contributed by atoms with E-state index in [1.165, 1.54) is 52.6 Å². The van der Waals surface area contributed by atoms with Gasteiger partial charge < -0.3 is 4.42 Å². The first-order valence-electron chi connectivity index (χ1n) is 12.9. The lowest BCUT2D eigenvalue weighted by molar-refractivity contribution is -0.384. The fraction of sp³-hybridized carbons (Fsp3) is 0.129. The van der Waals surface area contributed by atoms with Crippen LogP contribution in [0.2, 0.25) is 0 Å². The second-order valence-corrected chi connectivity index (χ2v) is 13.1. The summed E-state index contributed by atoms with van der Waals surface area (Å²) in [5.74, 6) is 0.349. The van der Waals surface area contributed by atoms with Crippen molar-refractivity contribution >= 4 is 79.3 Å². The van der Waals surface area contributed by atoms with Crippen LogP contribution in [0.3, 0.4) is 0 Å². The molecule has 5 aromatic rings. The Hall–Kier alpha value is -4.19. The summed E-state index contributed by atoms with van der Waals surface area (Å²) in [6, 6.07) is 20.2. The van der Waals surface area contributed by atoms with Gasteiger partial charge in [-0.05, 0) is 116 Å². The SMILES string of the molecule is Cc1ccc(N=C2S/C(=C\c3ccc(Sc4nc5ccc([N+](=O)[O-])cc5s4)o3)C(=O)N2c2ccc(C)c(C)c2)cc1C. The van der Waals surface area contributed by atoms with Gasteiger partial charge in [0.25, 0.3) is 11.6 Å². The second kappa shape index (κ2) is 11.2. The summed E-state index contributed by atoms with van der Waals surface area (Å²) < 4.78 is 7.47. The van der Waals surface area contributed by atoms with E-state index in [9.17, 15) is 14.9 Å². The molecule has 0 saturated carbocycles. The standard InChI is InChI=1S/C31H24N4O4S3/c1-17-5-7-21(13-19(17)3)32-30-34(22-8-6-18(2)20(4)14-22)29(36)27(40-30)16-24-10-12-28(39-24)42-31-33-25-11-9-23(35(37)38)15-26(25)41-31/h5-16H,1-4H3/b27-16-,32-30?. The molecular weight excluding hydrogens is 589 g/mol. The number of aryl methyl sites for hydroxylation is 4. The number of amides is 1. The highest BCUT2D eigenvalue weighted by Gasteiger charge is 2.35. The van der Waals surface area contributed by atoms with Gasteiger partial charge in [-0.2, -0.15) is 0 Å². The number of amidine groups is 1. The molecule has 0 bridgehead atoms. The fourth-order valence-electron chi connectivity index (χ4n) is 4.28. The van der Waals surface area contributed by atoms with Gasteiger partial charge >= 0.3 is 0 Å². The van der Waals surface area contributed by atoms with Gasteiger partial charge in [-0.3, -0.25) is 19.8 Å². The summed E-state index contributed by atoms with van der Waals surface area (Å²) >= 11 is 4.00. The number of nitro groups is 1. The van der Waals surface area contributed by atoms with Crippen LogP contribution in [-0.2, 0) is 4.79 Å². The number of anilines is 1. The van der Waals surface area contributed by atoms with Crippen molar-refractivity contribution < 1.29 is 14.1 Å². The topological polar surface area (TPSA) is 102 Å². The maximum absolute atomic E-state index is 13.8. The summed E-state index contributed by atoms with van der Waals surface area (Å²) in [7, 11) is 0. The molecule has 6 rings (SSSR count). The maximum atomic E-state index is 13.8. The van der Waals surface area contributed by atoms with Crippen LogP contribution in [0.4, 0.5) is 17.1 Å². The summed E-state index contributed by atoms with van der Waals surface area (Å²) in [5, 5.41) is 12.3. The molecule has 0 spiro atoms. The number of thioether (sulfide) groups is 1. The molecule has 2 aromatic heterocycles. The highest BCUT2D eigenvalue weighted by molar-refractivity contribution is 8.19. The zero-order valence-electron chi connectivity index (χ0n) is 23.1. The highest BCUT2D eigenvalue weighted by Crippen LogP contribution is 2.40. The number of rotatable bonds is 6. The first kappa shape index (κ1) is 28.0. The Morgan fingerprint density at radius 3 is 2.45 bits per heavy atom. The van der Waals surface area contributed by atoms with Gasteiger partial charge in [0.05, 0.1) is 31.4 Å². The van der Waals surface area contributed by atoms with Crippen LogP contribution in [-0.4, -0.2) is 21.0 Å². The smallest absolute Gasteiger partial charge is 0.271 e. The van der Waals surface area contributed by atoms with E-state index in [0.29, 0.717) is 30.8 Å². The molecule has 0 atom stereocenters. The molecule has 1 amide bonds. The maximum Gasteiger partial charge on any atom is 0.271 e. The van der Waals surface area contributed by atoms with Gasteiger partial charge in [-0.25, -0.2) is 9.98 Å². The molecule has 42 heavy (non-hydrogen) atoms. The molecule has 11 heteroatoms. The average Bonchev–Trinajstić information content (AvgIpc) is 3.65. The van der Waals surface area contributed by atoms with Crippen molar-refractivity contribution in [2.75, 3.05) is 4.90 Å². The van der Waals surface area contributed by atoms with Crippen molar-refractivity contribution in [3.05, 3.63) is 110 Å². The zero-order chi connectivity index (χ0) is 29.5. The van der Waals surface area contributed by atoms with Crippen LogP contribution in [0.5, 0.6) is 0 Å². The van der Waals surface area contributed by atoms with E-state index >= 15 is 0 Å². The number of hydrogen-bond donors (Lipinski definition) is 0. The fourth-order valence-corrected chi connectivity index (χ4v) is 7.26. The number of benzene rings is 3. The lowest BCUT2D eigenvalue weighted by Crippen LogP contribution is -2.28. The van der Waals surface area contributed by atoms with Gasteiger partial charge in [0.1, 0.15) is 5.76 Å². The molecule has 3 aromatic carbocycles. The normalized spacial score (nSPS) is 15.4. The summed E-state index contributed by atoms with van der Waals surface area (Å²) in [6.45, 7) is 8.17. The van der Waals surface area contributed by atoms with Crippen molar-refractivity contribution in [2.24, 2.45) is 4.99 Å². The number of carbonyl (C=O) groups excluding carboxylic acids is 1. The third kappa shape index (κ3) is 5.63. The van der Waals surface area contributed by atoms with Crippen molar-refractivity contribution in [3.8, 4) is 0 Å². The number of carbonyl (C=O) groups is 1. The number of nitrogens with zero attached hydrogens (tertiary/aromatic N) is 4. The number of aliphatic imine (C=N–C) groups is 1. The third-order valence-corrected chi connectivity index (χ3v) is 9.87. The van der Waals surface area contributed by atoms with Crippen LogP contribution in [0.25, 0.3) is 16.3 Å². The summed E-state index contributed by atoms with van der Waals surface area (Å²) in [5.41, 5.74) is 6.81. The zero-order valence-corrected chi connectivity index (χ0v) is 25.5. The van der Waals surface area contributed by atoms with E-state index < -0.39 is 4.92 Å². The van der Waals surface area contributed by atoms with E-state index in [0.717, 1.165) is 32.8 Å². The number of thiazole rings is 1. The van der Waals surface area contributed by atoms with Crippen LogP contribution in [0.15, 0.2) is 90.5 Å². The molecule has 1 aliphatic rings. The minimum Gasteiger partial charge on any atom is -0.450 e. The van der Waals surface area contributed by atoms with E-state index in [-0.39, 0.29) is 11.6 Å². The molecule has 1 saturated heterocycles. The number of non-ortho nitro benzene ring substituents is 1. The van der Waals surface area contributed by atoms with Gasteiger partial charge in [-0.15, -0.1) is 11.3 Å². The number of hydrogen-bond acceptors (Lipinski definition) is 9. The molecule has 3 heterocycles. The van der Waals surface area contributed by atoms with E-state index in [1.807, 2.05) is 63.2 Å². The quantitative estimate of drug-likeness (QED) is 0.107. The van der Waals surface area contributed by atoms with Gasteiger partial charge in [0, 0.05) is 18.2 Å². The Kier molecular flexibility index (Phi) is 7.48. The average molecular weight is 613 g/mol. The lowest BCUT2D eigenvalue weighted by Gasteiger charge is -2.17. The molecule has 0 aliphatic carbocycles. The molecule has 1 fully saturated rings. The Morgan fingerprint density at radius 1 is 0.952 bits per heavy atom. The van der Waals surface area contributed by atoms with Crippen molar-refractivity contribution in [2.45, 2.75) is 37.1 Å². The summed E-state index contributed by atoms with van der Waals surface area (Å²) in [6.07, 6.45) is 1.73. The van der Waals surface area contributed by atoms with Crippen LogP contribution >= 0.6 is 34.9 Å². The molecule has 0 N–H and O–H groups in total. The molecule has 8 nitrogen and oxygen atoms in total. The van der Waals surface area contributed by atoms with Crippen LogP contribution in [0, 0.1) is 37.8 Å². The Balaban J connectivity index is 1.29. The minimum atomic E-state index is -0.417. The molecule has 0 radical (unpaired) electrons. The minimum absolute atomic E-state index is 0.0311. The predicted octanol–water partition coefficient (Wildman–Crippen LogP) is 8.99.